The molecule has 0 aliphatic carbocycles. The molecule has 1 N–H and O–H groups in total. The molecule has 0 aliphatic heterocycles. The Hall–Kier alpha value is -2.08. The Morgan fingerprint density at radius 2 is 2.32 bits per heavy atom. The number of aromatic nitrogens is 2. The second-order valence-corrected chi connectivity index (χ2v) is 5.45. The van der Waals surface area contributed by atoms with Crippen molar-refractivity contribution < 1.29 is 9.32 Å². The number of rotatable bonds is 3. The standard InChI is InChI=1S/C13H13N3O2S/c1-8(2)16-9-4-6-19-11(9)7-10(16)13(17)14-12-3-5-18-15-12/h3-8H,1-2H3,(H,14,15,17). The summed E-state index contributed by atoms with van der Waals surface area (Å²) in [5, 5.41) is 8.44. The Morgan fingerprint density at radius 1 is 1.47 bits per heavy atom. The van der Waals surface area contributed by atoms with E-state index in [0.29, 0.717) is 11.5 Å². The minimum absolute atomic E-state index is 0.175. The van der Waals surface area contributed by atoms with Crippen LogP contribution in [-0.4, -0.2) is 15.6 Å². The Kier molecular flexibility index (Phi) is 2.87. The molecule has 19 heavy (non-hydrogen) atoms. The van der Waals surface area contributed by atoms with Gasteiger partial charge >= 0.3 is 0 Å². The van der Waals surface area contributed by atoms with Gasteiger partial charge in [0.2, 0.25) is 0 Å². The molecule has 0 saturated heterocycles. The van der Waals surface area contributed by atoms with E-state index in [1.807, 2.05) is 22.1 Å². The predicted octanol–water partition coefficient (Wildman–Crippen LogP) is 3.52. The van der Waals surface area contributed by atoms with Crippen LogP contribution in [0, 0.1) is 0 Å². The van der Waals surface area contributed by atoms with Crippen molar-refractivity contribution in [2.24, 2.45) is 0 Å². The summed E-state index contributed by atoms with van der Waals surface area (Å²) < 4.78 is 7.84. The van der Waals surface area contributed by atoms with Crippen LogP contribution < -0.4 is 5.32 Å². The number of nitrogens with zero attached hydrogens (tertiary/aromatic N) is 2. The molecule has 0 bridgehead atoms. The van der Waals surface area contributed by atoms with Crippen molar-refractivity contribution in [3.8, 4) is 0 Å². The lowest BCUT2D eigenvalue weighted by molar-refractivity contribution is 0.101. The van der Waals surface area contributed by atoms with Crippen molar-refractivity contribution >= 4 is 33.3 Å². The van der Waals surface area contributed by atoms with E-state index in [1.54, 1.807) is 17.4 Å². The summed E-state index contributed by atoms with van der Waals surface area (Å²) in [5.74, 6) is 0.246. The predicted molar refractivity (Wildman–Crippen MR) is 74.7 cm³/mol. The van der Waals surface area contributed by atoms with E-state index in [4.69, 9.17) is 4.52 Å². The molecular weight excluding hydrogens is 262 g/mol. The number of thiophene rings is 1. The molecule has 0 atom stereocenters. The van der Waals surface area contributed by atoms with Crippen molar-refractivity contribution in [1.82, 2.24) is 9.72 Å². The van der Waals surface area contributed by atoms with E-state index >= 15 is 0 Å². The number of nitrogens with one attached hydrogen (secondary N) is 1. The number of anilines is 1. The summed E-state index contributed by atoms with van der Waals surface area (Å²) in [5.41, 5.74) is 1.73. The van der Waals surface area contributed by atoms with Gasteiger partial charge in [-0.2, -0.15) is 0 Å². The SMILES string of the molecule is CC(C)n1c(C(=O)Nc2ccon2)cc2sccc21. The third kappa shape index (κ3) is 2.04. The van der Waals surface area contributed by atoms with Crippen molar-refractivity contribution in [3.05, 3.63) is 35.5 Å². The zero-order chi connectivity index (χ0) is 13.4. The molecule has 0 spiro atoms. The van der Waals surface area contributed by atoms with E-state index < -0.39 is 0 Å². The van der Waals surface area contributed by atoms with Crippen LogP contribution >= 0.6 is 11.3 Å². The number of hydrogen-bond acceptors (Lipinski definition) is 4. The van der Waals surface area contributed by atoms with Gasteiger partial charge in [0.05, 0.1) is 10.2 Å². The first-order valence-corrected chi connectivity index (χ1v) is 6.85. The summed E-state index contributed by atoms with van der Waals surface area (Å²) in [6.07, 6.45) is 1.43. The van der Waals surface area contributed by atoms with Crippen LogP contribution in [0.5, 0.6) is 0 Å². The molecular formula is C13H13N3O2S. The maximum atomic E-state index is 12.3. The minimum Gasteiger partial charge on any atom is -0.363 e. The Morgan fingerprint density at radius 3 is 3.00 bits per heavy atom. The molecule has 3 aromatic heterocycles. The Labute approximate surface area is 113 Å². The van der Waals surface area contributed by atoms with Crippen molar-refractivity contribution in [3.63, 3.8) is 0 Å². The average molecular weight is 275 g/mol. The van der Waals surface area contributed by atoms with Gasteiger partial charge in [-0.05, 0) is 31.4 Å². The normalized spacial score (nSPS) is 11.3. The summed E-state index contributed by atoms with van der Waals surface area (Å²) in [7, 11) is 0. The van der Waals surface area contributed by atoms with Gasteiger partial charge in [0.1, 0.15) is 12.0 Å². The molecule has 1 amide bonds. The number of carbonyl (C=O) groups excluding carboxylic acids is 1. The first-order chi connectivity index (χ1) is 9.16. The largest absolute Gasteiger partial charge is 0.363 e. The van der Waals surface area contributed by atoms with Crippen LogP contribution in [-0.2, 0) is 0 Å². The smallest absolute Gasteiger partial charge is 0.273 e. The van der Waals surface area contributed by atoms with Crippen LogP contribution in [0.4, 0.5) is 5.82 Å². The Balaban J connectivity index is 2.01. The van der Waals surface area contributed by atoms with Gasteiger partial charge in [-0.3, -0.25) is 4.79 Å². The zero-order valence-electron chi connectivity index (χ0n) is 10.6. The fraction of sp³-hybridized carbons (Fsp3) is 0.231. The van der Waals surface area contributed by atoms with Gasteiger partial charge in [-0.15, -0.1) is 11.3 Å². The lowest BCUT2D eigenvalue weighted by Crippen LogP contribution is -2.18. The highest BCUT2D eigenvalue weighted by atomic mass is 32.1. The number of hydrogen-bond donors (Lipinski definition) is 1. The van der Waals surface area contributed by atoms with Gasteiger partial charge in [-0.1, -0.05) is 5.16 Å². The molecule has 6 heteroatoms. The molecule has 98 valence electrons. The third-order valence-corrected chi connectivity index (χ3v) is 3.74. The van der Waals surface area contributed by atoms with Crippen LogP contribution in [0.15, 0.2) is 34.4 Å². The van der Waals surface area contributed by atoms with E-state index in [0.717, 1.165) is 10.2 Å². The average Bonchev–Trinajstić information content (AvgIpc) is 3.02. The highest BCUT2D eigenvalue weighted by Gasteiger charge is 2.18. The monoisotopic (exact) mass is 275 g/mol. The quantitative estimate of drug-likeness (QED) is 0.795. The first kappa shape index (κ1) is 12.0. The van der Waals surface area contributed by atoms with Gasteiger partial charge in [0.25, 0.3) is 5.91 Å². The van der Waals surface area contributed by atoms with E-state index in [-0.39, 0.29) is 11.9 Å². The molecule has 0 aliphatic rings. The van der Waals surface area contributed by atoms with Gasteiger partial charge in [0, 0.05) is 12.1 Å². The fourth-order valence-electron chi connectivity index (χ4n) is 2.13. The van der Waals surface area contributed by atoms with Gasteiger partial charge < -0.3 is 14.4 Å². The Bertz CT molecular complexity index is 709. The van der Waals surface area contributed by atoms with Gasteiger partial charge in [0.15, 0.2) is 5.82 Å². The summed E-state index contributed by atoms with van der Waals surface area (Å²) >= 11 is 1.63. The highest BCUT2D eigenvalue weighted by Crippen LogP contribution is 2.28. The molecule has 3 rings (SSSR count). The zero-order valence-corrected chi connectivity index (χ0v) is 11.4. The lowest BCUT2D eigenvalue weighted by atomic mass is 10.3. The van der Waals surface area contributed by atoms with Crippen LogP contribution in [0.25, 0.3) is 10.2 Å². The highest BCUT2D eigenvalue weighted by molar-refractivity contribution is 7.17. The molecule has 0 radical (unpaired) electrons. The molecule has 3 heterocycles. The minimum atomic E-state index is -0.175. The van der Waals surface area contributed by atoms with E-state index in [1.165, 1.54) is 6.26 Å². The van der Waals surface area contributed by atoms with Crippen molar-refractivity contribution in [2.75, 3.05) is 5.32 Å². The maximum absolute atomic E-state index is 12.3. The first-order valence-electron chi connectivity index (χ1n) is 5.97. The fourth-order valence-corrected chi connectivity index (χ4v) is 2.94. The molecule has 0 saturated carbocycles. The van der Waals surface area contributed by atoms with E-state index in [2.05, 4.69) is 24.3 Å². The van der Waals surface area contributed by atoms with Crippen molar-refractivity contribution in [1.29, 1.82) is 0 Å². The summed E-state index contributed by atoms with van der Waals surface area (Å²) in [6.45, 7) is 4.12. The van der Waals surface area contributed by atoms with Crippen LogP contribution in [0.1, 0.15) is 30.4 Å². The third-order valence-electron chi connectivity index (χ3n) is 2.89. The molecule has 0 unspecified atom stereocenters. The summed E-state index contributed by atoms with van der Waals surface area (Å²) in [6, 6.07) is 5.77. The molecule has 5 nitrogen and oxygen atoms in total. The number of fused-ring (bicyclic) bond motifs is 1. The number of amides is 1. The van der Waals surface area contributed by atoms with E-state index in [9.17, 15) is 4.79 Å². The second kappa shape index (κ2) is 4.55. The van der Waals surface area contributed by atoms with Crippen LogP contribution in [0.3, 0.4) is 0 Å². The maximum Gasteiger partial charge on any atom is 0.273 e. The molecule has 3 aromatic rings. The van der Waals surface area contributed by atoms with Crippen molar-refractivity contribution in [2.45, 2.75) is 19.9 Å². The van der Waals surface area contributed by atoms with Crippen LogP contribution in [0.2, 0.25) is 0 Å². The molecule has 0 aromatic carbocycles. The number of carbonyl (C=O) groups is 1. The second-order valence-electron chi connectivity index (χ2n) is 4.50. The summed E-state index contributed by atoms with van der Waals surface area (Å²) in [4.78, 5) is 12.3. The lowest BCUT2D eigenvalue weighted by Gasteiger charge is -2.13. The molecule has 0 fully saturated rings. The topological polar surface area (TPSA) is 60.1 Å². The van der Waals surface area contributed by atoms with Gasteiger partial charge in [-0.25, -0.2) is 0 Å².